The summed E-state index contributed by atoms with van der Waals surface area (Å²) in [6.45, 7) is 0. The average Bonchev–Trinajstić information content (AvgIpc) is 2.40. The van der Waals surface area contributed by atoms with E-state index in [9.17, 15) is 10.1 Å². The topological polar surface area (TPSA) is 52.4 Å². The van der Waals surface area contributed by atoms with E-state index in [4.69, 9.17) is 39.5 Å². The molecule has 98 valence electrons. The Balaban J connectivity index is 2.42. The zero-order valence-corrected chi connectivity index (χ0v) is 11.5. The normalized spacial score (nSPS) is 10.3. The van der Waals surface area contributed by atoms with Gasteiger partial charge in [0.05, 0.1) is 15.0 Å². The fourth-order valence-corrected chi connectivity index (χ4v) is 1.97. The minimum Gasteiger partial charge on any atom is -0.448 e. The minimum absolute atomic E-state index is 0.0767. The lowest BCUT2D eigenvalue weighted by Gasteiger charge is -2.09. The van der Waals surface area contributed by atoms with Gasteiger partial charge in [-0.25, -0.2) is 0 Å². The molecule has 7 heteroatoms. The van der Waals surface area contributed by atoms with Crippen LogP contribution in [0.4, 0.5) is 5.69 Å². The second kappa shape index (κ2) is 5.65. The van der Waals surface area contributed by atoms with Gasteiger partial charge in [0.1, 0.15) is 10.8 Å². The van der Waals surface area contributed by atoms with E-state index in [2.05, 4.69) is 0 Å². The van der Waals surface area contributed by atoms with Crippen molar-refractivity contribution >= 4 is 40.5 Å². The molecular formula is C12H6Cl3NO3. The van der Waals surface area contributed by atoms with Crippen LogP contribution < -0.4 is 4.74 Å². The Bertz CT molecular complexity index is 646. The van der Waals surface area contributed by atoms with Gasteiger partial charge in [0.15, 0.2) is 0 Å². The van der Waals surface area contributed by atoms with Gasteiger partial charge in [-0.05, 0) is 18.2 Å². The summed E-state index contributed by atoms with van der Waals surface area (Å²) in [4.78, 5) is 10.3. The highest BCUT2D eigenvalue weighted by molar-refractivity contribution is 6.48. The van der Waals surface area contributed by atoms with Gasteiger partial charge in [0.2, 0.25) is 5.75 Å². The first-order chi connectivity index (χ1) is 9.00. The maximum absolute atomic E-state index is 10.9. The van der Waals surface area contributed by atoms with E-state index >= 15 is 0 Å². The standard InChI is InChI=1S/C12H6Cl3NO3/c13-7-5-6-10(12(15)11(7)14)19-9-4-2-1-3-8(9)16(17)18/h1-6H. The number of benzene rings is 2. The molecule has 19 heavy (non-hydrogen) atoms. The summed E-state index contributed by atoms with van der Waals surface area (Å²) in [5.74, 6) is 0.276. The average molecular weight is 319 g/mol. The van der Waals surface area contributed by atoms with E-state index in [1.165, 1.54) is 24.3 Å². The van der Waals surface area contributed by atoms with Gasteiger partial charge in [0, 0.05) is 6.07 Å². The van der Waals surface area contributed by atoms with Gasteiger partial charge >= 0.3 is 5.69 Å². The predicted octanol–water partition coefficient (Wildman–Crippen LogP) is 5.35. The van der Waals surface area contributed by atoms with Gasteiger partial charge in [-0.1, -0.05) is 46.9 Å². The van der Waals surface area contributed by atoms with E-state index in [0.29, 0.717) is 0 Å². The number of nitrogens with zero attached hydrogens (tertiary/aromatic N) is 1. The Kier molecular flexibility index (Phi) is 4.14. The van der Waals surface area contributed by atoms with E-state index in [1.807, 2.05) is 0 Å². The van der Waals surface area contributed by atoms with Crippen molar-refractivity contribution < 1.29 is 9.66 Å². The third-order valence-electron chi connectivity index (χ3n) is 2.28. The lowest BCUT2D eigenvalue weighted by molar-refractivity contribution is -0.385. The lowest BCUT2D eigenvalue weighted by Crippen LogP contribution is -1.93. The summed E-state index contributed by atoms with van der Waals surface area (Å²) in [5, 5.41) is 11.4. The fourth-order valence-electron chi connectivity index (χ4n) is 1.40. The highest BCUT2D eigenvalue weighted by Crippen LogP contribution is 2.40. The molecule has 0 heterocycles. The first-order valence-electron chi connectivity index (χ1n) is 5.05. The van der Waals surface area contributed by atoms with Gasteiger partial charge in [-0.15, -0.1) is 0 Å². The van der Waals surface area contributed by atoms with Gasteiger partial charge in [-0.3, -0.25) is 10.1 Å². The summed E-state index contributed by atoms with van der Waals surface area (Å²) in [6.07, 6.45) is 0. The van der Waals surface area contributed by atoms with E-state index in [0.717, 1.165) is 0 Å². The highest BCUT2D eigenvalue weighted by Gasteiger charge is 2.17. The zero-order chi connectivity index (χ0) is 14.0. The van der Waals surface area contributed by atoms with Crippen molar-refractivity contribution in [2.24, 2.45) is 0 Å². The van der Waals surface area contributed by atoms with Crippen LogP contribution in [-0.4, -0.2) is 4.92 Å². The Morgan fingerprint density at radius 1 is 0.947 bits per heavy atom. The molecule has 0 fully saturated rings. The molecule has 0 saturated carbocycles. The molecule has 0 aromatic heterocycles. The number of nitro benzene ring substituents is 1. The van der Waals surface area contributed by atoms with Crippen LogP contribution in [-0.2, 0) is 0 Å². The third-order valence-corrected chi connectivity index (χ3v) is 3.56. The van der Waals surface area contributed by atoms with Gasteiger partial charge < -0.3 is 4.74 Å². The number of nitro groups is 1. The largest absolute Gasteiger partial charge is 0.448 e. The second-order valence-electron chi connectivity index (χ2n) is 3.50. The molecule has 2 aromatic rings. The van der Waals surface area contributed by atoms with Crippen LogP contribution >= 0.6 is 34.8 Å². The summed E-state index contributed by atoms with van der Waals surface area (Å²) in [7, 11) is 0. The van der Waals surface area contributed by atoms with E-state index in [-0.39, 0.29) is 32.3 Å². The fraction of sp³-hybridized carbons (Fsp3) is 0. The summed E-state index contributed by atoms with van der Waals surface area (Å²) in [6, 6.07) is 8.96. The summed E-state index contributed by atoms with van der Waals surface area (Å²) >= 11 is 17.6. The third kappa shape index (κ3) is 2.92. The number of hydrogen-bond donors (Lipinski definition) is 0. The van der Waals surface area contributed by atoms with Crippen molar-refractivity contribution in [3.8, 4) is 11.5 Å². The molecular weight excluding hydrogens is 312 g/mol. The summed E-state index contributed by atoms with van der Waals surface area (Å²) < 4.78 is 5.42. The monoisotopic (exact) mass is 317 g/mol. The number of hydrogen-bond acceptors (Lipinski definition) is 3. The highest BCUT2D eigenvalue weighted by atomic mass is 35.5. The van der Waals surface area contributed by atoms with Crippen LogP contribution in [0.1, 0.15) is 0 Å². The first-order valence-corrected chi connectivity index (χ1v) is 6.19. The molecule has 4 nitrogen and oxygen atoms in total. The molecule has 0 radical (unpaired) electrons. The smallest absolute Gasteiger partial charge is 0.311 e. The Labute approximate surface area is 123 Å². The quantitative estimate of drug-likeness (QED) is 0.435. The number of rotatable bonds is 3. The van der Waals surface area contributed by atoms with Crippen molar-refractivity contribution in [2.75, 3.05) is 0 Å². The molecule has 0 bridgehead atoms. The molecule has 0 spiro atoms. The van der Waals surface area contributed by atoms with Crippen molar-refractivity contribution in [2.45, 2.75) is 0 Å². The number of ether oxygens (including phenoxy) is 1. The van der Waals surface area contributed by atoms with Crippen molar-refractivity contribution in [1.82, 2.24) is 0 Å². The number of para-hydroxylation sites is 2. The SMILES string of the molecule is O=[N+]([O-])c1ccccc1Oc1ccc(Cl)c(Cl)c1Cl. The molecule has 0 saturated heterocycles. The maximum Gasteiger partial charge on any atom is 0.311 e. The van der Waals surface area contributed by atoms with Crippen LogP contribution in [0.2, 0.25) is 15.1 Å². The minimum atomic E-state index is -0.541. The molecule has 0 aliphatic rings. The van der Waals surface area contributed by atoms with Gasteiger partial charge in [-0.2, -0.15) is 0 Å². The first kappa shape index (κ1) is 13.9. The number of halogens is 3. The Morgan fingerprint density at radius 3 is 2.32 bits per heavy atom. The lowest BCUT2D eigenvalue weighted by atomic mass is 10.3. The molecule has 0 atom stereocenters. The van der Waals surface area contributed by atoms with E-state index in [1.54, 1.807) is 12.1 Å². The van der Waals surface area contributed by atoms with E-state index < -0.39 is 4.92 Å². The Hall–Kier alpha value is -1.49. The molecule has 2 aromatic carbocycles. The molecule has 0 unspecified atom stereocenters. The van der Waals surface area contributed by atoms with Crippen LogP contribution in [0, 0.1) is 10.1 Å². The van der Waals surface area contributed by atoms with Crippen molar-refractivity contribution in [3.05, 3.63) is 61.6 Å². The van der Waals surface area contributed by atoms with Crippen LogP contribution in [0.3, 0.4) is 0 Å². The predicted molar refractivity (Wildman–Crippen MR) is 74.6 cm³/mol. The van der Waals surface area contributed by atoms with Crippen LogP contribution in [0.25, 0.3) is 0 Å². The second-order valence-corrected chi connectivity index (χ2v) is 4.66. The summed E-state index contributed by atoms with van der Waals surface area (Å²) in [5.41, 5.74) is -0.162. The molecule has 0 aliphatic carbocycles. The van der Waals surface area contributed by atoms with Crippen LogP contribution in [0.5, 0.6) is 11.5 Å². The van der Waals surface area contributed by atoms with Gasteiger partial charge in [0.25, 0.3) is 0 Å². The van der Waals surface area contributed by atoms with Crippen molar-refractivity contribution in [1.29, 1.82) is 0 Å². The molecule has 0 amide bonds. The maximum atomic E-state index is 10.9. The zero-order valence-electron chi connectivity index (χ0n) is 9.27. The Morgan fingerprint density at radius 2 is 1.63 bits per heavy atom. The van der Waals surface area contributed by atoms with Crippen LogP contribution in [0.15, 0.2) is 36.4 Å². The molecule has 2 rings (SSSR count). The molecule has 0 N–H and O–H groups in total. The van der Waals surface area contributed by atoms with Crippen molar-refractivity contribution in [3.63, 3.8) is 0 Å². The molecule has 0 aliphatic heterocycles.